The van der Waals surface area contributed by atoms with Gasteiger partial charge >= 0.3 is 12.2 Å². The number of hydrogen-bond acceptors (Lipinski definition) is 7. The molecular weight excluding hydrogens is 608 g/mol. The summed E-state index contributed by atoms with van der Waals surface area (Å²) in [5.41, 5.74) is 4.43. The third kappa shape index (κ3) is 7.19. The molecule has 4 heterocycles. The van der Waals surface area contributed by atoms with Crippen molar-refractivity contribution < 1.29 is 23.8 Å². The highest BCUT2D eigenvalue weighted by Gasteiger charge is 2.36. The van der Waals surface area contributed by atoms with Crippen molar-refractivity contribution in [1.82, 2.24) is 29.7 Å². The van der Waals surface area contributed by atoms with Crippen LogP contribution in [0, 0.1) is 0 Å². The van der Waals surface area contributed by atoms with Crippen LogP contribution in [0.4, 0.5) is 9.59 Å². The summed E-state index contributed by atoms with van der Waals surface area (Å²) >= 11 is 0. The van der Waals surface area contributed by atoms with Crippen LogP contribution < -0.4 is 4.74 Å². The normalized spacial score (nSPS) is 18.3. The maximum atomic E-state index is 12.9. The minimum atomic E-state index is -0.563. The molecule has 0 spiro atoms. The largest absolute Gasteiger partial charge is 0.496 e. The fourth-order valence-electron chi connectivity index (χ4n) is 6.41. The van der Waals surface area contributed by atoms with Crippen LogP contribution in [0.5, 0.6) is 5.75 Å². The summed E-state index contributed by atoms with van der Waals surface area (Å²) in [4.78, 5) is 45.6. The van der Waals surface area contributed by atoms with Crippen molar-refractivity contribution in [2.24, 2.45) is 0 Å². The van der Waals surface area contributed by atoms with Crippen molar-refractivity contribution in [2.45, 2.75) is 90.5 Å². The number of amides is 2. The molecule has 2 amide bonds. The van der Waals surface area contributed by atoms with Crippen molar-refractivity contribution in [3.63, 3.8) is 0 Å². The molecule has 2 atom stereocenters. The zero-order chi connectivity index (χ0) is 34.2. The number of likely N-dealkylation sites (tertiary alicyclic amines) is 2. The molecule has 48 heavy (non-hydrogen) atoms. The van der Waals surface area contributed by atoms with Crippen LogP contribution in [0.15, 0.2) is 54.9 Å². The van der Waals surface area contributed by atoms with E-state index in [1.54, 1.807) is 16.9 Å². The van der Waals surface area contributed by atoms with Gasteiger partial charge < -0.3 is 24.2 Å². The number of nitrogens with zero attached hydrogens (tertiary/aromatic N) is 4. The molecule has 254 valence electrons. The van der Waals surface area contributed by atoms with Crippen molar-refractivity contribution in [3.05, 3.63) is 66.5 Å². The summed E-state index contributed by atoms with van der Waals surface area (Å²) in [7, 11) is 1.65. The molecule has 6 rings (SSSR count). The van der Waals surface area contributed by atoms with E-state index >= 15 is 0 Å². The number of ether oxygens (including phenoxy) is 3. The van der Waals surface area contributed by atoms with Gasteiger partial charge in [0, 0.05) is 24.8 Å². The lowest BCUT2D eigenvalue weighted by Gasteiger charge is -2.27. The second-order valence-electron chi connectivity index (χ2n) is 14.5. The molecule has 0 saturated carbocycles. The first-order valence-corrected chi connectivity index (χ1v) is 16.7. The zero-order valence-electron chi connectivity index (χ0n) is 28.9. The van der Waals surface area contributed by atoms with E-state index in [1.807, 2.05) is 66.1 Å². The number of hydrogen-bond donors (Lipinski definition) is 2. The number of benzene rings is 2. The van der Waals surface area contributed by atoms with E-state index in [0.717, 1.165) is 71.0 Å². The standard InChI is InChI=1S/C37H46N6O5/c1-36(2,3)47-34(44)42-18-8-10-29(42)32-38-21-27(40-32)24-14-12-23(13-15-24)25-16-17-31(46-7)26(20-25)28-22-39-33(41-28)30-11-9-19-43(30)35(45)48-37(4,5)6/h12-17,20-22,29-30H,8-11,18-19H2,1-7H3,(H,38,40)(H,39,41)/t29-,30?/m0/s1. The van der Waals surface area contributed by atoms with E-state index < -0.39 is 11.2 Å². The number of imidazole rings is 2. The first kappa shape index (κ1) is 33.1. The monoisotopic (exact) mass is 654 g/mol. The quantitative estimate of drug-likeness (QED) is 0.214. The van der Waals surface area contributed by atoms with E-state index in [0.29, 0.717) is 18.8 Å². The number of carbonyl (C=O) groups is 2. The molecule has 0 bridgehead atoms. The number of nitrogens with one attached hydrogen (secondary N) is 2. The van der Waals surface area contributed by atoms with Crippen molar-refractivity contribution in [2.75, 3.05) is 20.2 Å². The fraction of sp³-hybridized carbons (Fsp3) is 0.459. The molecule has 11 nitrogen and oxygen atoms in total. The van der Waals surface area contributed by atoms with Gasteiger partial charge in [-0.05, 0) is 96.0 Å². The Morgan fingerprint density at radius 2 is 1.35 bits per heavy atom. The Kier molecular flexibility index (Phi) is 8.98. The fourth-order valence-corrected chi connectivity index (χ4v) is 6.41. The Hall–Kier alpha value is -4.80. The first-order chi connectivity index (χ1) is 22.8. The Balaban J connectivity index is 1.19. The molecule has 0 aliphatic carbocycles. The molecule has 2 aromatic carbocycles. The van der Waals surface area contributed by atoms with Gasteiger partial charge in [0.05, 0.1) is 36.8 Å². The second-order valence-corrected chi connectivity index (χ2v) is 14.5. The molecule has 1 unspecified atom stereocenters. The summed E-state index contributed by atoms with van der Waals surface area (Å²) in [5.74, 6) is 2.21. The Labute approximate surface area is 282 Å². The predicted octanol–water partition coefficient (Wildman–Crippen LogP) is 8.29. The topological polar surface area (TPSA) is 126 Å². The molecule has 11 heteroatoms. The lowest BCUT2D eigenvalue weighted by Crippen LogP contribution is -2.36. The van der Waals surface area contributed by atoms with Crippen LogP contribution in [-0.2, 0) is 9.47 Å². The Morgan fingerprint density at radius 1 is 0.792 bits per heavy atom. The van der Waals surface area contributed by atoms with Crippen molar-refractivity contribution in [3.8, 4) is 39.4 Å². The molecule has 2 aliphatic heterocycles. The lowest BCUT2D eigenvalue weighted by molar-refractivity contribution is 0.0208. The highest BCUT2D eigenvalue weighted by Crippen LogP contribution is 2.38. The Bertz CT molecular complexity index is 1760. The summed E-state index contributed by atoms with van der Waals surface area (Å²) in [6, 6.07) is 14.0. The molecule has 2 N–H and O–H groups in total. The maximum Gasteiger partial charge on any atom is 0.410 e. The van der Waals surface area contributed by atoms with Crippen LogP contribution in [0.3, 0.4) is 0 Å². The Morgan fingerprint density at radius 3 is 1.94 bits per heavy atom. The summed E-state index contributed by atoms with van der Waals surface area (Å²) in [6.45, 7) is 12.5. The molecule has 2 aliphatic rings. The highest BCUT2D eigenvalue weighted by molar-refractivity contribution is 5.77. The molecular formula is C37H46N6O5. The summed E-state index contributed by atoms with van der Waals surface area (Å²) in [5, 5.41) is 0. The summed E-state index contributed by atoms with van der Waals surface area (Å²) < 4.78 is 17.0. The molecule has 2 aromatic heterocycles. The van der Waals surface area contributed by atoms with Crippen LogP contribution >= 0.6 is 0 Å². The minimum Gasteiger partial charge on any atom is -0.496 e. The van der Waals surface area contributed by atoms with Gasteiger partial charge in [0.1, 0.15) is 28.6 Å². The minimum absolute atomic E-state index is 0.137. The highest BCUT2D eigenvalue weighted by atomic mass is 16.6. The number of aromatic nitrogens is 4. The zero-order valence-corrected chi connectivity index (χ0v) is 28.9. The predicted molar refractivity (Wildman–Crippen MR) is 183 cm³/mol. The molecule has 2 fully saturated rings. The second kappa shape index (κ2) is 13.0. The van der Waals surface area contributed by atoms with Gasteiger partial charge in [-0.3, -0.25) is 9.80 Å². The smallest absolute Gasteiger partial charge is 0.410 e. The van der Waals surface area contributed by atoms with E-state index in [-0.39, 0.29) is 24.3 Å². The third-order valence-electron chi connectivity index (χ3n) is 8.59. The average Bonchev–Trinajstić information content (AvgIpc) is 3.85. The van der Waals surface area contributed by atoms with Gasteiger partial charge in [-0.15, -0.1) is 0 Å². The lowest BCUT2D eigenvalue weighted by atomic mass is 9.99. The molecule has 0 radical (unpaired) electrons. The van der Waals surface area contributed by atoms with Gasteiger partial charge in [-0.1, -0.05) is 30.3 Å². The van der Waals surface area contributed by atoms with E-state index in [2.05, 4.69) is 45.3 Å². The van der Waals surface area contributed by atoms with Gasteiger partial charge in [-0.2, -0.15) is 0 Å². The SMILES string of the molecule is COc1ccc(-c2ccc(-c3cnc([C@@H]4CCCN4C(=O)OC(C)(C)C)[nH]3)cc2)cc1-c1c[nH]c(C2CCCN2C(=O)OC(C)(C)C)n1. The van der Waals surface area contributed by atoms with E-state index in [1.165, 1.54) is 0 Å². The molecule has 2 saturated heterocycles. The van der Waals surface area contributed by atoms with Gasteiger partial charge in [-0.25, -0.2) is 19.6 Å². The van der Waals surface area contributed by atoms with Gasteiger partial charge in [0.2, 0.25) is 0 Å². The number of H-pyrrole nitrogens is 2. The maximum absolute atomic E-state index is 12.9. The van der Waals surface area contributed by atoms with Gasteiger partial charge in [0.25, 0.3) is 0 Å². The third-order valence-corrected chi connectivity index (χ3v) is 8.59. The number of rotatable bonds is 6. The number of carbonyl (C=O) groups excluding carboxylic acids is 2. The van der Waals surface area contributed by atoms with Crippen molar-refractivity contribution in [1.29, 1.82) is 0 Å². The van der Waals surface area contributed by atoms with Crippen LogP contribution in [0.1, 0.15) is 91.0 Å². The molecule has 4 aromatic rings. The number of aromatic amines is 2. The number of methoxy groups -OCH3 is 1. The van der Waals surface area contributed by atoms with E-state index in [9.17, 15) is 9.59 Å². The van der Waals surface area contributed by atoms with E-state index in [4.69, 9.17) is 19.2 Å². The van der Waals surface area contributed by atoms with Crippen molar-refractivity contribution >= 4 is 12.2 Å². The van der Waals surface area contributed by atoms with Crippen LogP contribution in [0.25, 0.3) is 33.6 Å². The van der Waals surface area contributed by atoms with Crippen LogP contribution in [0.2, 0.25) is 0 Å². The average molecular weight is 655 g/mol. The summed E-state index contributed by atoms with van der Waals surface area (Å²) in [6.07, 6.45) is 6.52. The van der Waals surface area contributed by atoms with Crippen LogP contribution in [-0.4, -0.2) is 73.3 Å². The first-order valence-electron chi connectivity index (χ1n) is 16.7. The van der Waals surface area contributed by atoms with Gasteiger partial charge in [0.15, 0.2) is 0 Å².